The van der Waals surface area contributed by atoms with E-state index in [-0.39, 0.29) is 6.04 Å². The first-order chi connectivity index (χ1) is 10.1. The Morgan fingerprint density at radius 1 is 1.14 bits per heavy atom. The molecule has 4 nitrogen and oxygen atoms in total. The van der Waals surface area contributed by atoms with Crippen molar-refractivity contribution >= 4 is 0 Å². The van der Waals surface area contributed by atoms with Gasteiger partial charge in [0.1, 0.15) is 11.5 Å². The number of ether oxygens (including phenoxy) is 2. The highest BCUT2D eigenvalue weighted by atomic mass is 16.5. The number of hydrogen-bond acceptors (Lipinski definition) is 4. The molecule has 1 heterocycles. The molecule has 112 valence electrons. The van der Waals surface area contributed by atoms with E-state index in [0.29, 0.717) is 6.54 Å². The average molecular weight is 286 g/mol. The van der Waals surface area contributed by atoms with E-state index >= 15 is 0 Å². The zero-order chi connectivity index (χ0) is 15.2. The summed E-state index contributed by atoms with van der Waals surface area (Å²) >= 11 is 0. The molecule has 0 aliphatic heterocycles. The van der Waals surface area contributed by atoms with Gasteiger partial charge in [-0.25, -0.2) is 0 Å². The molecule has 0 aliphatic rings. The van der Waals surface area contributed by atoms with Crippen molar-refractivity contribution in [1.82, 2.24) is 10.3 Å². The average Bonchev–Trinajstić information content (AvgIpc) is 2.53. The fourth-order valence-electron chi connectivity index (χ4n) is 2.15. The first kappa shape index (κ1) is 15.3. The number of aryl methyl sites for hydroxylation is 1. The molecule has 0 amide bonds. The summed E-state index contributed by atoms with van der Waals surface area (Å²) in [4.78, 5) is 4.40. The van der Waals surface area contributed by atoms with Crippen molar-refractivity contribution in [2.45, 2.75) is 26.4 Å². The van der Waals surface area contributed by atoms with Gasteiger partial charge in [-0.3, -0.25) is 4.98 Å². The third kappa shape index (κ3) is 3.95. The smallest absolute Gasteiger partial charge is 0.123 e. The first-order valence-corrected chi connectivity index (χ1v) is 7.01. The van der Waals surface area contributed by atoms with Crippen LogP contribution in [0.1, 0.15) is 29.8 Å². The summed E-state index contributed by atoms with van der Waals surface area (Å²) in [5.74, 6) is 1.68. The summed E-state index contributed by atoms with van der Waals surface area (Å²) < 4.78 is 10.7. The summed E-state index contributed by atoms with van der Waals surface area (Å²) in [6.45, 7) is 4.85. The van der Waals surface area contributed by atoms with Crippen LogP contribution >= 0.6 is 0 Å². The van der Waals surface area contributed by atoms with Gasteiger partial charge in [0.25, 0.3) is 0 Å². The van der Waals surface area contributed by atoms with E-state index in [1.807, 2.05) is 37.4 Å². The van der Waals surface area contributed by atoms with Gasteiger partial charge in [0.05, 0.1) is 19.9 Å². The molecular formula is C17H22N2O2. The molecule has 1 aromatic carbocycles. The van der Waals surface area contributed by atoms with E-state index in [9.17, 15) is 0 Å². The highest BCUT2D eigenvalue weighted by Crippen LogP contribution is 2.29. The molecule has 4 heteroatoms. The zero-order valence-electron chi connectivity index (χ0n) is 13.0. The Labute approximate surface area is 126 Å². The van der Waals surface area contributed by atoms with E-state index in [0.717, 1.165) is 22.8 Å². The molecule has 0 saturated carbocycles. The molecule has 2 aromatic rings. The van der Waals surface area contributed by atoms with Gasteiger partial charge in [-0.05, 0) is 43.7 Å². The first-order valence-electron chi connectivity index (χ1n) is 7.01. The quantitative estimate of drug-likeness (QED) is 0.885. The lowest BCUT2D eigenvalue weighted by atomic mass is 10.1. The number of methoxy groups -OCH3 is 2. The van der Waals surface area contributed by atoms with E-state index in [1.165, 1.54) is 5.56 Å². The van der Waals surface area contributed by atoms with Crippen LogP contribution in [0.2, 0.25) is 0 Å². The minimum absolute atomic E-state index is 0.137. The van der Waals surface area contributed by atoms with Crippen LogP contribution in [-0.4, -0.2) is 19.2 Å². The Bertz CT molecular complexity index is 582. The van der Waals surface area contributed by atoms with Crippen molar-refractivity contribution in [3.8, 4) is 11.5 Å². The summed E-state index contributed by atoms with van der Waals surface area (Å²) in [7, 11) is 3.35. The summed E-state index contributed by atoms with van der Waals surface area (Å²) in [5, 5.41) is 3.46. The number of pyridine rings is 1. The maximum Gasteiger partial charge on any atom is 0.123 e. The maximum absolute atomic E-state index is 5.42. The second-order valence-electron chi connectivity index (χ2n) is 5.04. The standard InChI is InChI=1S/C17H22N2O2/c1-12-5-6-14(19-10-12)11-18-13(2)16-9-15(20-3)7-8-17(16)21-4/h5-10,13,18H,11H2,1-4H3. The molecule has 0 fully saturated rings. The predicted octanol–water partition coefficient (Wildman–Crippen LogP) is 3.26. The second-order valence-corrected chi connectivity index (χ2v) is 5.04. The Morgan fingerprint density at radius 3 is 2.57 bits per heavy atom. The summed E-state index contributed by atoms with van der Waals surface area (Å²) in [6, 6.07) is 10.1. The lowest BCUT2D eigenvalue weighted by molar-refractivity contribution is 0.391. The van der Waals surface area contributed by atoms with Crippen molar-refractivity contribution in [1.29, 1.82) is 0 Å². The molecule has 0 spiro atoms. The number of benzene rings is 1. The van der Waals surface area contributed by atoms with Gasteiger partial charge in [0.2, 0.25) is 0 Å². The van der Waals surface area contributed by atoms with Crippen molar-refractivity contribution in [2.24, 2.45) is 0 Å². The largest absolute Gasteiger partial charge is 0.497 e. The van der Waals surface area contributed by atoms with Crippen molar-refractivity contribution in [3.63, 3.8) is 0 Å². The third-order valence-electron chi connectivity index (χ3n) is 3.47. The topological polar surface area (TPSA) is 43.4 Å². The molecule has 21 heavy (non-hydrogen) atoms. The molecule has 1 atom stereocenters. The van der Waals surface area contributed by atoms with E-state index in [4.69, 9.17) is 9.47 Å². The molecule has 1 aromatic heterocycles. The Morgan fingerprint density at radius 2 is 1.95 bits per heavy atom. The molecule has 2 rings (SSSR count). The SMILES string of the molecule is COc1ccc(OC)c(C(C)NCc2ccc(C)cn2)c1. The minimum Gasteiger partial charge on any atom is -0.497 e. The van der Waals surface area contributed by atoms with Gasteiger partial charge in [-0.1, -0.05) is 6.07 Å². The number of aromatic nitrogens is 1. The van der Waals surface area contributed by atoms with Crippen LogP contribution in [0.5, 0.6) is 11.5 Å². The van der Waals surface area contributed by atoms with Crippen LogP contribution in [0.15, 0.2) is 36.5 Å². The fourth-order valence-corrected chi connectivity index (χ4v) is 2.15. The van der Waals surface area contributed by atoms with Crippen LogP contribution in [-0.2, 0) is 6.54 Å². The van der Waals surface area contributed by atoms with Crippen LogP contribution in [0, 0.1) is 6.92 Å². The second kappa shape index (κ2) is 7.09. The molecule has 1 N–H and O–H groups in total. The highest BCUT2D eigenvalue weighted by molar-refractivity contribution is 5.42. The Kier molecular flexibility index (Phi) is 5.17. The molecule has 0 bridgehead atoms. The lowest BCUT2D eigenvalue weighted by Gasteiger charge is -2.18. The van der Waals surface area contributed by atoms with E-state index < -0.39 is 0 Å². The monoisotopic (exact) mass is 286 g/mol. The lowest BCUT2D eigenvalue weighted by Crippen LogP contribution is -2.19. The maximum atomic E-state index is 5.42. The number of nitrogens with zero attached hydrogens (tertiary/aromatic N) is 1. The Balaban J connectivity index is 2.08. The number of nitrogens with one attached hydrogen (secondary N) is 1. The normalized spacial score (nSPS) is 12.0. The molecular weight excluding hydrogens is 264 g/mol. The van der Waals surface area contributed by atoms with Gasteiger partial charge < -0.3 is 14.8 Å². The molecule has 0 saturated heterocycles. The predicted molar refractivity (Wildman–Crippen MR) is 83.8 cm³/mol. The molecule has 1 unspecified atom stereocenters. The highest BCUT2D eigenvalue weighted by Gasteiger charge is 2.12. The Hall–Kier alpha value is -2.07. The summed E-state index contributed by atoms with van der Waals surface area (Å²) in [6.07, 6.45) is 1.88. The fraction of sp³-hybridized carbons (Fsp3) is 0.353. The van der Waals surface area contributed by atoms with Crippen LogP contribution in [0.3, 0.4) is 0 Å². The van der Waals surface area contributed by atoms with Crippen molar-refractivity contribution in [2.75, 3.05) is 14.2 Å². The van der Waals surface area contributed by atoms with Gasteiger partial charge >= 0.3 is 0 Å². The van der Waals surface area contributed by atoms with Crippen LogP contribution in [0.25, 0.3) is 0 Å². The van der Waals surface area contributed by atoms with E-state index in [2.05, 4.69) is 23.3 Å². The summed E-state index contributed by atoms with van der Waals surface area (Å²) in [5.41, 5.74) is 3.26. The number of hydrogen-bond donors (Lipinski definition) is 1. The van der Waals surface area contributed by atoms with Gasteiger partial charge in [-0.15, -0.1) is 0 Å². The van der Waals surface area contributed by atoms with Crippen LogP contribution < -0.4 is 14.8 Å². The van der Waals surface area contributed by atoms with Gasteiger partial charge in [0.15, 0.2) is 0 Å². The third-order valence-corrected chi connectivity index (χ3v) is 3.47. The van der Waals surface area contributed by atoms with Crippen LogP contribution in [0.4, 0.5) is 0 Å². The van der Waals surface area contributed by atoms with Gasteiger partial charge in [0, 0.05) is 24.3 Å². The van der Waals surface area contributed by atoms with Gasteiger partial charge in [-0.2, -0.15) is 0 Å². The zero-order valence-corrected chi connectivity index (χ0v) is 13.0. The minimum atomic E-state index is 0.137. The van der Waals surface area contributed by atoms with E-state index in [1.54, 1.807) is 14.2 Å². The van der Waals surface area contributed by atoms with Crippen molar-refractivity contribution in [3.05, 3.63) is 53.3 Å². The van der Waals surface area contributed by atoms with Crippen molar-refractivity contribution < 1.29 is 9.47 Å². The number of rotatable bonds is 6. The molecule has 0 aliphatic carbocycles. The molecule has 0 radical (unpaired) electrons.